The smallest absolute Gasteiger partial charge is 0.00419 e. The van der Waals surface area contributed by atoms with E-state index in [1.54, 1.807) is 0 Å². The van der Waals surface area contributed by atoms with Crippen LogP contribution in [0.25, 0.3) is 0 Å². The minimum Gasteiger partial charge on any atom is -0.328 e. The Morgan fingerprint density at radius 2 is 1.22 bits per heavy atom. The molecule has 1 heteroatoms. The van der Waals surface area contributed by atoms with Gasteiger partial charge in [-0.1, -0.05) is 108 Å². The van der Waals surface area contributed by atoms with E-state index in [0.29, 0.717) is 6.04 Å². The Morgan fingerprint density at radius 1 is 0.696 bits per heavy atom. The first-order valence-electron chi connectivity index (χ1n) is 10.1. The van der Waals surface area contributed by atoms with Crippen LogP contribution in [0.15, 0.2) is 30.3 Å². The van der Waals surface area contributed by atoms with Gasteiger partial charge in [-0.05, 0) is 24.8 Å². The van der Waals surface area contributed by atoms with Gasteiger partial charge in [0, 0.05) is 6.04 Å². The van der Waals surface area contributed by atoms with Gasteiger partial charge in [0.05, 0.1) is 0 Å². The first-order valence-corrected chi connectivity index (χ1v) is 10.1. The maximum absolute atomic E-state index is 6.24. The van der Waals surface area contributed by atoms with Gasteiger partial charge in [-0.15, -0.1) is 0 Å². The Balaban J connectivity index is 1.83. The van der Waals surface area contributed by atoms with Crippen LogP contribution in [0.2, 0.25) is 0 Å². The monoisotopic (exact) mass is 317 g/mol. The van der Waals surface area contributed by atoms with Crippen LogP contribution in [0.1, 0.15) is 96.0 Å². The predicted molar refractivity (Wildman–Crippen MR) is 104 cm³/mol. The number of hydrogen-bond donors (Lipinski definition) is 1. The average Bonchev–Trinajstić information content (AvgIpc) is 2.59. The molecule has 1 nitrogen and oxygen atoms in total. The number of hydrogen-bond acceptors (Lipinski definition) is 1. The molecule has 0 radical (unpaired) electrons. The number of nitrogens with two attached hydrogens (primary N) is 1. The topological polar surface area (TPSA) is 26.0 Å². The fourth-order valence-corrected chi connectivity index (χ4v) is 3.21. The average molecular weight is 318 g/mol. The minimum atomic E-state index is 0.383. The molecule has 1 rings (SSSR count). The van der Waals surface area contributed by atoms with Gasteiger partial charge in [-0.2, -0.15) is 0 Å². The largest absolute Gasteiger partial charge is 0.328 e. The summed E-state index contributed by atoms with van der Waals surface area (Å²) >= 11 is 0. The van der Waals surface area contributed by atoms with Gasteiger partial charge in [0.1, 0.15) is 0 Å². The van der Waals surface area contributed by atoms with Crippen LogP contribution in [0, 0.1) is 0 Å². The Bertz CT molecular complexity index is 346. The first kappa shape index (κ1) is 20.2. The molecular weight excluding hydrogens is 278 g/mol. The van der Waals surface area contributed by atoms with Gasteiger partial charge >= 0.3 is 0 Å². The standard InChI is InChI=1S/C22H39N/c1-2-3-4-5-6-7-8-9-10-11-15-18-22(23)20-19-21-16-13-12-14-17-21/h12-14,16-17,22H,2-11,15,18-20,23H2,1H3. The van der Waals surface area contributed by atoms with Gasteiger partial charge in [0.2, 0.25) is 0 Å². The molecule has 1 aromatic rings. The van der Waals surface area contributed by atoms with Crippen LogP contribution in [-0.4, -0.2) is 6.04 Å². The number of benzene rings is 1. The van der Waals surface area contributed by atoms with Crippen molar-refractivity contribution in [2.24, 2.45) is 5.73 Å². The summed E-state index contributed by atoms with van der Waals surface area (Å²) in [5.41, 5.74) is 7.66. The summed E-state index contributed by atoms with van der Waals surface area (Å²) in [5, 5.41) is 0. The molecule has 0 aliphatic carbocycles. The molecule has 0 saturated carbocycles. The molecule has 1 unspecified atom stereocenters. The molecule has 0 aliphatic rings. The van der Waals surface area contributed by atoms with E-state index in [2.05, 4.69) is 37.3 Å². The van der Waals surface area contributed by atoms with E-state index in [0.717, 1.165) is 12.8 Å². The first-order chi connectivity index (χ1) is 11.3. The lowest BCUT2D eigenvalue weighted by atomic mass is 10.00. The van der Waals surface area contributed by atoms with E-state index in [1.807, 2.05) is 0 Å². The third-order valence-electron chi connectivity index (χ3n) is 4.83. The molecule has 0 fully saturated rings. The molecule has 23 heavy (non-hydrogen) atoms. The fraction of sp³-hybridized carbons (Fsp3) is 0.727. The van der Waals surface area contributed by atoms with E-state index in [1.165, 1.54) is 82.6 Å². The molecule has 132 valence electrons. The van der Waals surface area contributed by atoms with Crippen LogP contribution < -0.4 is 5.73 Å². The molecule has 0 heterocycles. The van der Waals surface area contributed by atoms with Crippen LogP contribution in [0.4, 0.5) is 0 Å². The third kappa shape index (κ3) is 12.3. The summed E-state index contributed by atoms with van der Waals surface area (Å²) in [7, 11) is 0. The molecule has 0 saturated heterocycles. The van der Waals surface area contributed by atoms with Crippen molar-refractivity contribution in [1.29, 1.82) is 0 Å². The van der Waals surface area contributed by atoms with E-state index >= 15 is 0 Å². The second-order valence-corrected chi connectivity index (χ2v) is 7.11. The highest BCUT2D eigenvalue weighted by Gasteiger charge is 2.03. The van der Waals surface area contributed by atoms with Crippen molar-refractivity contribution in [2.75, 3.05) is 0 Å². The highest BCUT2D eigenvalue weighted by molar-refractivity contribution is 5.14. The van der Waals surface area contributed by atoms with Crippen LogP contribution >= 0.6 is 0 Å². The molecule has 0 aliphatic heterocycles. The summed E-state index contributed by atoms with van der Waals surface area (Å²) in [6, 6.07) is 11.1. The SMILES string of the molecule is CCCCCCCCCCCCCC(N)CCc1ccccc1. The van der Waals surface area contributed by atoms with E-state index < -0.39 is 0 Å². The zero-order valence-electron chi connectivity index (χ0n) is 15.4. The third-order valence-corrected chi connectivity index (χ3v) is 4.83. The Labute approximate surface area is 145 Å². The van der Waals surface area contributed by atoms with Gasteiger partial charge in [0.15, 0.2) is 0 Å². The lowest BCUT2D eigenvalue weighted by molar-refractivity contribution is 0.504. The van der Waals surface area contributed by atoms with Crippen molar-refractivity contribution < 1.29 is 0 Å². The highest BCUT2D eigenvalue weighted by Crippen LogP contribution is 2.13. The maximum Gasteiger partial charge on any atom is 0.00419 e. The Morgan fingerprint density at radius 3 is 1.78 bits per heavy atom. The number of aryl methyl sites for hydroxylation is 1. The minimum absolute atomic E-state index is 0.383. The lowest BCUT2D eigenvalue weighted by Crippen LogP contribution is -2.20. The Kier molecular flexibility index (Phi) is 13.0. The van der Waals surface area contributed by atoms with Gasteiger partial charge in [0.25, 0.3) is 0 Å². The van der Waals surface area contributed by atoms with Crippen molar-refractivity contribution >= 4 is 0 Å². The van der Waals surface area contributed by atoms with Crippen molar-refractivity contribution in [3.05, 3.63) is 35.9 Å². The van der Waals surface area contributed by atoms with E-state index in [9.17, 15) is 0 Å². The summed E-state index contributed by atoms with van der Waals surface area (Å²) < 4.78 is 0. The molecular formula is C22H39N. The molecule has 2 N–H and O–H groups in total. The molecule has 0 aromatic heterocycles. The van der Waals surface area contributed by atoms with Gasteiger partial charge in [-0.25, -0.2) is 0 Å². The molecule has 0 amide bonds. The van der Waals surface area contributed by atoms with E-state index in [4.69, 9.17) is 5.73 Å². The van der Waals surface area contributed by atoms with Crippen LogP contribution in [0.5, 0.6) is 0 Å². The highest BCUT2D eigenvalue weighted by atomic mass is 14.6. The van der Waals surface area contributed by atoms with Crippen LogP contribution in [-0.2, 0) is 6.42 Å². The van der Waals surface area contributed by atoms with Crippen molar-refractivity contribution in [2.45, 2.75) is 103 Å². The molecule has 1 atom stereocenters. The van der Waals surface area contributed by atoms with Gasteiger partial charge < -0.3 is 5.73 Å². The fourth-order valence-electron chi connectivity index (χ4n) is 3.21. The quantitative estimate of drug-likeness (QED) is 0.360. The zero-order valence-corrected chi connectivity index (χ0v) is 15.4. The number of rotatable bonds is 15. The molecule has 1 aromatic carbocycles. The van der Waals surface area contributed by atoms with Crippen molar-refractivity contribution in [3.63, 3.8) is 0 Å². The predicted octanol–water partition coefficient (Wildman–Crippen LogP) is 6.65. The number of unbranched alkanes of at least 4 members (excludes halogenated alkanes) is 10. The van der Waals surface area contributed by atoms with E-state index in [-0.39, 0.29) is 0 Å². The molecule has 0 spiro atoms. The second kappa shape index (κ2) is 14.8. The summed E-state index contributed by atoms with van der Waals surface area (Å²) in [6.07, 6.45) is 19.0. The van der Waals surface area contributed by atoms with Gasteiger partial charge in [-0.3, -0.25) is 0 Å². The summed E-state index contributed by atoms with van der Waals surface area (Å²) in [5.74, 6) is 0. The van der Waals surface area contributed by atoms with Crippen molar-refractivity contribution in [3.8, 4) is 0 Å². The maximum atomic E-state index is 6.24. The summed E-state index contributed by atoms with van der Waals surface area (Å²) in [4.78, 5) is 0. The lowest BCUT2D eigenvalue weighted by Gasteiger charge is -2.11. The Hall–Kier alpha value is -0.820. The normalized spacial score (nSPS) is 12.4. The zero-order chi connectivity index (χ0) is 16.6. The molecule has 0 bridgehead atoms. The van der Waals surface area contributed by atoms with Crippen molar-refractivity contribution in [1.82, 2.24) is 0 Å². The second-order valence-electron chi connectivity index (χ2n) is 7.11. The summed E-state index contributed by atoms with van der Waals surface area (Å²) in [6.45, 7) is 2.29. The van der Waals surface area contributed by atoms with Crippen LogP contribution in [0.3, 0.4) is 0 Å².